The van der Waals surface area contributed by atoms with E-state index in [2.05, 4.69) is 15.1 Å². The largest absolute Gasteiger partial charge is 0.408 e. The second kappa shape index (κ2) is 7.65. The van der Waals surface area contributed by atoms with Gasteiger partial charge in [-0.3, -0.25) is 14.4 Å². The minimum Gasteiger partial charge on any atom is -0.358 e. The number of piperazine rings is 1. The maximum Gasteiger partial charge on any atom is 0.408 e. The molecule has 3 rings (SSSR count). The first kappa shape index (κ1) is 19.3. The fourth-order valence-electron chi connectivity index (χ4n) is 3.21. The summed E-state index contributed by atoms with van der Waals surface area (Å²) in [5.74, 6) is -0.539. The van der Waals surface area contributed by atoms with Gasteiger partial charge in [0.2, 0.25) is 5.91 Å². The lowest BCUT2D eigenvalue weighted by Crippen LogP contribution is -2.49. The third-order valence-electron chi connectivity index (χ3n) is 4.81. The van der Waals surface area contributed by atoms with Gasteiger partial charge in [-0.05, 0) is 18.8 Å². The molecule has 1 aliphatic heterocycles. The van der Waals surface area contributed by atoms with Crippen molar-refractivity contribution in [1.82, 2.24) is 29.4 Å². The van der Waals surface area contributed by atoms with Crippen LogP contribution in [0.1, 0.15) is 17.0 Å². The van der Waals surface area contributed by atoms with Gasteiger partial charge in [-0.25, -0.2) is 0 Å². The molecule has 0 atom stereocenters. The van der Waals surface area contributed by atoms with Gasteiger partial charge in [-0.1, -0.05) is 11.6 Å². The van der Waals surface area contributed by atoms with E-state index in [0.29, 0.717) is 18.8 Å². The van der Waals surface area contributed by atoms with Crippen molar-refractivity contribution in [3.8, 4) is 0 Å². The summed E-state index contributed by atoms with van der Waals surface area (Å²) in [5.41, 5.74) is 2.62. The molecule has 0 aliphatic carbocycles. The molecule has 1 amide bonds. The summed E-state index contributed by atoms with van der Waals surface area (Å²) >= 11 is 5.93. The third kappa shape index (κ3) is 4.11. The van der Waals surface area contributed by atoms with Crippen LogP contribution in [0.5, 0.6) is 0 Å². The molecule has 27 heavy (non-hydrogen) atoms. The number of aromatic nitrogens is 4. The Morgan fingerprint density at radius 3 is 2.44 bits per heavy atom. The van der Waals surface area contributed by atoms with Gasteiger partial charge in [0.15, 0.2) is 5.02 Å². The second-order valence-electron chi connectivity index (χ2n) is 6.71. The smallest absolute Gasteiger partial charge is 0.358 e. The number of rotatable bonds is 5. The maximum atomic E-state index is 12.6. The molecule has 2 aromatic rings. The van der Waals surface area contributed by atoms with E-state index in [1.165, 1.54) is 10.2 Å². The van der Waals surface area contributed by atoms with Crippen LogP contribution in [0, 0.1) is 24.0 Å². The monoisotopic (exact) mass is 395 g/mol. The first-order valence-electron chi connectivity index (χ1n) is 8.62. The van der Waals surface area contributed by atoms with Crippen LogP contribution in [0.2, 0.25) is 5.02 Å². The molecule has 1 saturated heterocycles. The first-order chi connectivity index (χ1) is 12.8. The summed E-state index contributed by atoms with van der Waals surface area (Å²) in [6, 6.07) is 0. The first-order valence-corrected chi connectivity index (χ1v) is 9.00. The topological polar surface area (TPSA) is 102 Å². The molecule has 3 heterocycles. The summed E-state index contributed by atoms with van der Waals surface area (Å²) in [6.07, 6.45) is 2.02. The number of aryl methyl sites for hydroxylation is 2. The lowest BCUT2D eigenvalue weighted by Gasteiger charge is -2.34. The Hall–Kier alpha value is -2.46. The highest BCUT2D eigenvalue weighted by atomic mass is 35.5. The zero-order valence-corrected chi connectivity index (χ0v) is 16.3. The highest BCUT2D eigenvalue weighted by Gasteiger charge is 2.27. The van der Waals surface area contributed by atoms with Crippen LogP contribution < -0.4 is 0 Å². The third-order valence-corrected chi connectivity index (χ3v) is 5.25. The van der Waals surface area contributed by atoms with Crippen molar-refractivity contribution in [3.05, 3.63) is 38.3 Å². The molecule has 146 valence electrons. The minimum absolute atomic E-state index is 0.0236. The molecule has 0 saturated carbocycles. The molecular formula is C16H22ClN7O3. The van der Waals surface area contributed by atoms with Crippen LogP contribution >= 0.6 is 11.6 Å². The van der Waals surface area contributed by atoms with Crippen LogP contribution in [0.25, 0.3) is 0 Å². The zero-order valence-electron chi connectivity index (χ0n) is 15.6. The number of nitro groups is 1. The minimum atomic E-state index is -0.643. The fraction of sp³-hybridized carbons (Fsp3) is 0.562. The van der Waals surface area contributed by atoms with E-state index >= 15 is 0 Å². The molecule has 0 radical (unpaired) electrons. The van der Waals surface area contributed by atoms with Crippen LogP contribution in [-0.4, -0.2) is 66.4 Å². The summed E-state index contributed by atoms with van der Waals surface area (Å²) < 4.78 is 3.11. The zero-order chi connectivity index (χ0) is 19.7. The van der Waals surface area contributed by atoms with Crippen molar-refractivity contribution in [3.63, 3.8) is 0 Å². The van der Waals surface area contributed by atoms with Gasteiger partial charge in [-0.15, -0.1) is 0 Å². The Morgan fingerprint density at radius 1 is 1.26 bits per heavy atom. The SMILES string of the molecule is Cc1nn(C)cc1CN1CCN(C(=O)Cn2nc([N+](=O)[O-])c(Cl)c2C)CC1. The van der Waals surface area contributed by atoms with Crippen molar-refractivity contribution in [2.45, 2.75) is 26.9 Å². The van der Waals surface area contributed by atoms with Crippen molar-refractivity contribution in [1.29, 1.82) is 0 Å². The molecule has 1 fully saturated rings. The molecule has 0 bridgehead atoms. The Kier molecular flexibility index (Phi) is 5.47. The van der Waals surface area contributed by atoms with E-state index in [1.54, 1.807) is 16.5 Å². The average Bonchev–Trinajstić information content (AvgIpc) is 3.08. The molecule has 0 aromatic carbocycles. The number of halogens is 1. The lowest BCUT2D eigenvalue weighted by molar-refractivity contribution is -0.389. The van der Waals surface area contributed by atoms with Crippen molar-refractivity contribution in [2.24, 2.45) is 7.05 Å². The van der Waals surface area contributed by atoms with Gasteiger partial charge in [0.1, 0.15) is 6.54 Å². The van der Waals surface area contributed by atoms with Gasteiger partial charge in [0, 0.05) is 51.5 Å². The summed E-state index contributed by atoms with van der Waals surface area (Å²) in [4.78, 5) is 26.9. The van der Waals surface area contributed by atoms with E-state index in [9.17, 15) is 14.9 Å². The molecule has 11 heteroatoms. The molecule has 1 aliphatic rings. The van der Waals surface area contributed by atoms with Crippen LogP contribution in [0.3, 0.4) is 0 Å². The highest BCUT2D eigenvalue weighted by molar-refractivity contribution is 6.33. The van der Waals surface area contributed by atoms with Crippen LogP contribution in [0.15, 0.2) is 6.20 Å². The van der Waals surface area contributed by atoms with Crippen molar-refractivity contribution < 1.29 is 9.72 Å². The fourth-order valence-corrected chi connectivity index (χ4v) is 3.41. The number of carbonyl (C=O) groups excluding carboxylic acids is 1. The Balaban J connectivity index is 1.56. The number of hydrogen-bond donors (Lipinski definition) is 0. The van der Waals surface area contributed by atoms with Gasteiger partial charge in [-0.2, -0.15) is 9.78 Å². The van der Waals surface area contributed by atoms with E-state index in [-0.39, 0.29) is 17.5 Å². The predicted molar refractivity (Wildman–Crippen MR) is 98.4 cm³/mol. The van der Waals surface area contributed by atoms with Crippen LogP contribution in [-0.2, 0) is 24.9 Å². The Bertz CT molecular complexity index is 868. The van der Waals surface area contributed by atoms with Crippen molar-refractivity contribution in [2.75, 3.05) is 26.2 Å². The van der Waals surface area contributed by atoms with E-state index < -0.39 is 10.7 Å². The number of hydrogen-bond acceptors (Lipinski definition) is 6. The van der Waals surface area contributed by atoms with Gasteiger partial charge < -0.3 is 15.0 Å². The highest BCUT2D eigenvalue weighted by Crippen LogP contribution is 2.26. The van der Waals surface area contributed by atoms with E-state index in [0.717, 1.165) is 25.3 Å². The molecule has 10 nitrogen and oxygen atoms in total. The summed E-state index contributed by atoms with van der Waals surface area (Å²) in [5, 5.41) is 19.1. The standard InChI is InChI=1S/C16H22ClN7O3/c1-11-13(8-20(3)18-11)9-21-4-6-22(7-5-21)14(25)10-23-12(2)15(17)16(19-23)24(26)27/h8H,4-7,9-10H2,1-3H3. The maximum absolute atomic E-state index is 12.6. The number of amides is 1. The van der Waals surface area contributed by atoms with Crippen LogP contribution in [0.4, 0.5) is 5.82 Å². The molecular weight excluding hydrogens is 374 g/mol. The van der Waals surface area contributed by atoms with E-state index in [4.69, 9.17) is 11.6 Å². The summed E-state index contributed by atoms with van der Waals surface area (Å²) in [7, 11) is 1.90. The molecule has 0 unspecified atom stereocenters. The number of nitrogens with zero attached hydrogens (tertiary/aromatic N) is 7. The van der Waals surface area contributed by atoms with Gasteiger partial charge >= 0.3 is 5.82 Å². The second-order valence-corrected chi connectivity index (χ2v) is 7.09. The Labute approximate surface area is 161 Å². The Morgan fingerprint density at radius 2 is 1.93 bits per heavy atom. The summed E-state index contributed by atoms with van der Waals surface area (Å²) in [6.45, 7) is 7.10. The quantitative estimate of drug-likeness (QED) is 0.555. The molecule has 2 aromatic heterocycles. The van der Waals surface area contributed by atoms with E-state index in [1.807, 2.05) is 20.2 Å². The number of carbonyl (C=O) groups is 1. The van der Waals surface area contributed by atoms with Gasteiger partial charge in [0.05, 0.1) is 16.5 Å². The normalized spacial score (nSPS) is 15.3. The lowest BCUT2D eigenvalue weighted by atomic mass is 10.2. The predicted octanol–water partition coefficient (Wildman–Crippen LogP) is 1.14. The van der Waals surface area contributed by atoms with Crippen molar-refractivity contribution >= 4 is 23.3 Å². The molecule has 0 spiro atoms. The molecule has 0 N–H and O–H groups in total. The average molecular weight is 396 g/mol. The van der Waals surface area contributed by atoms with Gasteiger partial charge in [0.25, 0.3) is 0 Å².